The van der Waals surface area contributed by atoms with Gasteiger partial charge in [0.25, 0.3) is 0 Å². The summed E-state index contributed by atoms with van der Waals surface area (Å²) >= 11 is 0. The van der Waals surface area contributed by atoms with Crippen molar-refractivity contribution in [2.24, 2.45) is 0 Å². The summed E-state index contributed by atoms with van der Waals surface area (Å²) in [5.74, 6) is -6.96. The maximum absolute atomic E-state index is 13.4. The first kappa shape index (κ1) is 13.5. The minimum absolute atomic E-state index is 0.481. The van der Waals surface area contributed by atoms with Crippen LogP contribution in [0.2, 0.25) is 0 Å². The summed E-state index contributed by atoms with van der Waals surface area (Å²) in [5.41, 5.74) is -1.24. The van der Waals surface area contributed by atoms with E-state index in [0.717, 1.165) is 18.2 Å². The first-order valence-electron chi connectivity index (χ1n) is 5.18. The molecule has 0 radical (unpaired) electrons. The van der Waals surface area contributed by atoms with Crippen molar-refractivity contribution >= 4 is 0 Å². The maximum Gasteiger partial charge on any atom is 0.194 e. The SMILES string of the molecule is OC(c1cc(F)c(F)c(F)c1)c1c(F)cccc1F. The van der Waals surface area contributed by atoms with Crippen LogP contribution in [-0.2, 0) is 0 Å². The molecule has 0 aliphatic rings. The first-order valence-corrected chi connectivity index (χ1v) is 5.18. The van der Waals surface area contributed by atoms with Gasteiger partial charge in [-0.25, -0.2) is 22.0 Å². The van der Waals surface area contributed by atoms with Crippen LogP contribution in [0.3, 0.4) is 0 Å². The predicted molar refractivity (Wildman–Crippen MR) is 56.7 cm³/mol. The minimum atomic E-state index is -1.94. The van der Waals surface area contributed by atoms with Crippen molar-refractivity contribution in [1.82, 2.24) is 0 Å². The van der Waals surface area contributed by atoms with Gasteiger partial charge in [-0.15, -0.1) is 0 Å². The number of halogens is 5. The topological polar surface area (TPSA) is 20.2 Å². The van der Waals surface area contributed by atoms with Crippen LogP contribution in [0.15, 0.2) is 30.3 Å². The van der Waals surface area contributed by atoms with Gasteiger partial charge in [0.2, 0.25) is 0 Å². The summed E-state index contributed by atoms with van der Waals surface area (Å²) in [7, 11) is 0. The first-order chi connectivity index (χ1) is 8.91. The number of aliphatic hydroxyl groups excluding tert-OH is 1. The van der Waals surface area contributed by atoms with Gasteiger partial charge < -0.3 is 5.11 Å². The molecular weight excluding hydrogens is 267 g/mol. The highest BCUT2D eigenvalue weighted by molar-refractivity contribution is 5.32. The Balaban J connectivity index is 2.53. The molecule has 1 nitrogen and oxygen atoms in total. The summed E-state index contributed by atoms with van der Waals surface area (Å²) in [6.45, 7) is 0. The van der Waals surface area contributed by atoms with Crippen molar-refractivity contribution in [3.63, 3.8) is 0 Å². The molecule has 0 heterocycles. The van der Waals surface area contributed by atoms with Crippen LogP contribution >= 0.6 is 0 Å². The van der Waals surface area contributed by atoms with Gasteiger partial charge in [-0.1, -0.05) is 6.07 Å². The largest absolute Gasteiger partial charge is 0.383 e. The highest BCUT2D eigenvalue weighted by Gasteiger charge is 2.22. The van der Waals surface area contributed by atoms with Crippen molar-refractivity contribution in [3.8, 4) is 0 Å². The molecule has 6 heteroatoms. The predicted octanol–water partition coefficient (Wildman–Crippen LogP) is 3.46. The Hall–Kier alpha value is -1.95. The lowest BCUT2D eigenvalue weighted by Crippen LogP contribution is -2.07. The Bertz CT molecular complexity index is 583. The third kappa shape index (κ3) is 2.44. The van der Waals surface area contributed by atoms with Crippen LogP contribution < -0.4 is 0 Å². The van der Waals surface area contributed by atoms with Crippen molar-refractivity contribution in [2.75, 3.05) is 0 Å². The van der Waals surface area contributed by atoms with E-state index >= 15 is 0 Å². The molecule has 0 bridgehead atoms. The molecule has 1 unspecified atom stereocenters. The average molecular weight is 274 g/mol. The van der Waals surface area contributed by atoms with Gasteiger partial charge in [-0.3, -0.25) is 0 Å². The molecule has 0 saturated carbocycles. The van der Waals surface area contributed by atoms with Crippen molar-refractivity contribution in [1.29, 1.82) is 0 Å². The lowest BCUT2D eigenvalue weighted by atomic mass is 10.00. The molecule has 2 rings (SSSR count). The Kier molecular flexibility index (Phi) is 3.53. The van der Waals surface area contributed by atoms with E-state index in [1.54, 1.807) is 0 Å². The summed E-state index contributed by atoms with van der Waals surface area (Å²) < 4.78 is 65.6. The van der Waals surface area contributed by atoms with Gasteiger partial charge >= 0.3 is 0 Å². The fourth-order valence-electron chi connectivity index (χ4n) is 1.67. The summed E-state index contributed by atoms with van der Waals surface area (Å²) in [6.07, 6.45) is -1.94. The van der Waals surface area contributed by atoms with Crippen LogP contribution in [0.1, 0.15) is 17.2 Å². The van der Waals surface area contributed by atoms with Crippen LogP contribution in [0, 0.1) is 29.1 Å². The van der Waals surface area contributed by atoms with E-state index in [2.05, 4.69) is 0 Å². The minimum Gasteiger partial charge on any atom is -0.383 e. The molecule has 0 amide bonds. The molecule has 19 heavy (non-hydrogen) atoms. The molecule has 2 aromatic rings. The molecule has 0 fully saturated rings. The zero-order valence-electron chi connectivity index (χ0n) is 9.30. The highest BCUT2D eigenvalue weighted by Crippen LogP contribution is 2.28. The van der Waals surface area contributed by atoms with E-state index in [1.165, 1.54) is 0 Å². The highest BCUT2D eigenvalue weighted by atomic mass is 19.2. The van der Waals surface area contributed by atoms with Gasteiger partial charge in [-0.05, 0) is 29.8 Å². The normalized spacial score (nSPS) is 12.5. The van der Waals surface area contributed by atoms with Gasteiger partial charge in [0, 0.05) is 0 Å². The number of hydrogen-bond acceptors (Lipinski definition) is 1. The molecule has 1 atom stereocenters. The van der Waals surface area contributed by atoms with Gasteiger partial charge in [0.15, 0.2) is 17.5 Å². The van der Waals surface area contributed by atoms with Crippen LogP contribution in [0.4, 0.5) is 22.0 Å². The summed E-state index contributed by atoms with van der Waals surface area (Å²) in [5, 5.41) is 9.76. The lowest BCUT2D eigenvalue weighted by molar-refractivity contribution is 0.207. The third-order valence-electron chi connectivity index (χ3n) is 2.60. The lowest BCUT2D eigenvalue weighted by Gasteiger charge is -2.13. The third-order valence-corrected chi connectivity index (χ3v) is 2.60. The quantitative estimate of drug-likeness (QED) is 0.656. The average Bonchev–Trinajstić information content (AvgIpc) is 2.35. The smallest absolute Gasteiger partial charge is 0.194 e. The van der Waals surface area contributed by atoms with Gasteiger partial charge in [0.05, 0.1) is 5.56 Å². The molecule has 2 aromatic carbocycles. The number of rotatable bonds is 2. The van der Waals surface area contributed by atoms with Gasteiger partial charge in [-0.2, -0.15) is 0 Å². The number of benzene rings is 2. The fraction of sp³-hybridized carbons (Fsp3) is 0.0769. The molecular formula is C13H7F5O. The number of aliphatic hydroxyl groups is 1. The molecule has 100 valence electrons. The Morgan fingerprint density at radius 3 is 1.74 bits per heavy atom. The second-order valence-electron chi connectivity index (χ2n) is 3.84. The maximum atomic E-state index is 13.4. The zero-order chi connectivity index (χ0) is 14.2. The zero-order valence-corrected chi connectivity index (χ0v) is 9.30. The molecule has 0 aliphatic carbocycles. The molecule has 0 aromatic heterocycles. The van der Waals surface area contributed by atoms with E-state index in [-0.39, 0.29) is 0 Å². The molecule has 0 spiro atoms. The van der Waals surface area contributed by atoms with E-state index in [4.69, 9.17) is 0 Å². The molecule has 0 saturated heterocycles. The molecule has 1 N–H and O–H groups in total. The van der Waals surface area contributed by atoms with E-state index in [0.29, 0.717) is 12.1 Å². The fourth-order valence-corrected chi connectivity index (χ4v) is 1.67. The van der Waals surface area contributed by atoms with Crippen LogP contribution in [0.5, 0.6) is 0 Å². The molecule has 0 aliphatic heterocycles. The standard InChI is InChI=1S/C13H7F5O/c14-7-2-1-3-8(15)11(7)13(19)6-4-9(16)12(18)10(17)5-6/h1-5,13,19H. The monoisotopic (exact) mass is 274 g/mol. The van der Waals surface area contributed by atoms with Gasteiger partial charge in [0.1, 0.15) is 17.7 Å². The van der Waals surface area contributed by atoms with Crippen molar-refractivity contribution in [3.05, 3.63) is 70.5 Å². The number of hydrogen-bond donors (Lipinski definition) is 1. The Morgan fingerprint density at radius 2 is 1.26 bits per heavy atom. The van der Waals surface area contributed by atoms with Crippen LogP contribution in [0.25, 0.3) is 0 Å². The summed E-state index contributed by atoms with van der Waals surface area (Å²) in [4.78, 5) is 0. The van der Waals surface area contributed by atoms with Crippen molar-refractivity contribution < 1.29 is 27.1 Å². The van der Waals surface area contributed by atoms with E-state index in [1.807, 2.05) is 0 Å². The second kappa shape index (κ2) is 4.97. The second-order valence-corrected chi connectivity index (χ2v) is 3.84. The van der Waals surface area contributed by atoms with Crippen LogP contribution in [-0.4, -0.2) is 5.11 Å². The Morgan fingerprint density at radius 1 is 0.789 bits per heavy atom. The Labute approximate surface area is 104 Å². The van der Waals surface area contributed by atoms with E-state index < -0.39 is 46.3 Å². The summed E-state index contributed by atoms with van der Waals surface area (Å²) in [6, 6.07) is 3.81. The van der Waals surface area contributed by atoms with E-state index in [9.17, 15) is 27.1 Å². The van der Waals surface area contributed by atoms with Crippen molar-refractivity contribution in [2.45, 2.75) is 6.10 Å².